The number of hydrogen-bond donors (Lipinski definition) is 1. The Morgan fingerprint density at radius 2 is 1.87 bits per heavy atom. The van der Waals surface area contributed by atoms with Crippen LogP contribution in [0.1, 0.15) is 5.56 Å². The predicted octanol–water partition coefficient (Wildman–Crippen LogP) is 5.41. The fourth-order valence-electron chi connectivity index (χ4n) is 2.85. The zero-order valence-corrected chi connectivity index (χ0v) is 16.3. The van der Waals surface area contributed by atoms with Crippen molar-refractivity contribution in [3.05, 3.63) is 82.9 Å². The minimum atomic E-state index is -0.574. The molecule has 1 N–H and O–H groups in total. The molecule has 6 nitrogen and oxygen atoms in total. The number of fused-ring (bicyclic) bond motifs is 1. The Kier molecular flexibility index (Phi) is 5.55. The first-order valence-corrected chi connectivity index (χ1v) is 9.36. The van der Waals surface area contributed by atoms with Crippen molar-refractivity contribution in [2.24, 2.45) is 0 Å². The van der Waals surface area contributed by atoms with Gasteiger partial charge in [0.15, 0.2) is 17.2 Å². The highest BCUT2D eigenvalue weighted by atomic mass is 35.5. The second kappa shape index (κ2) is 8.60. The molecule has 0 atom stereocenters. The SMILES string of the molecule is N#C/C(=C\c1cc(Cl)c2c(c1)OCO2)C(=O)Nc1ccccc1Oc1ccccc1. The summed E-state index contributed by atoms with van der Waals surface area (Å²) in [5.74, 6) is 1.43. The van der Waals surface area contributed by atoms with E-state index < -0.39 is 5.91 Å². The van der Waals surface area contributed by atoms with Crippen molar-refractivity contribution in [1.29, 1.82) is 5.26 Å². The largest absolute Gasteiger partial charge is 0.455 e. The van der Waals surface area contributed by atoms with Crippen molar-refractivity contribution in [3.8, 4) is 29.1 Å². The minimum absolute atomic E-state index is 0.0754. The lowest BCUT2D eigenvalue weighted by Gasteiger charge is -2.12. The molecule has 0 aromatic heterocycles. The monoisotopic (exact) mass is 418 g/mol. The van der Waals surface area contributed by atoms with Gasteiger partial charge in [0.1, 0.15) is 17.4 Å². The molecule has 0 saturated heterocycles. The summed E-state index contributed by atoms with van der Waals surface area (Å²) in [5, 5.41) is 12.6. The number of ether oxygens (including phenoxy) is 3. The van der Waals surface area contributed by atoms with Crippen LogP contribution in [0.2, 0.25) is 5.02 Å². The molecule has 148 valence electrons. The molecule has 1 amide bonds. The lowest BCUT2D eigenvalue weighted by atomic mass is 10.1. The number of hydrogen-bond acceptors (Lipinski definition) is 5. The maximum absolute atomic E-state index is 12.7. The number of benzene rings is 3. The maximum atomic E-state index is 12.7. The van der Waals surface area contributed by atoms with Crippen LogP contribution in [0, 0.1) is 11.3 Å². The van der Waals surface area contributed by atoms with Gasteiger partial charge in [-0.25, -0.2) is 0 Å². The summed E-state index contributed by atoms with van der Waals surface area (Å²) in [6.45, 7) is 0.0754. The minimum Gasteiger partial charge on any atom is -0.455 e. The molecule has 0 aliphatic carbocycles. The summed E-state index contributed by atoms with van der Waals surface area (Å²) < 4.78 is 16.4. The molecule has 1 heterocycles. The van der Waals surface area contributed by atoms with E-state index in [0.717, 1.165) is 0 Å². The van der Waals surface area contributed by atoms with Gasteiger partial charge in [0.25, 0.3) is 5.91 Å². The Balaban J connectivity index is 1.57. The van der Waals surface area contributed by atoms with Gasteiger partial charge in [0.05, 0.1) is 10.7 Å². The topological polar surface area (TPSA) is 80.6 Å². The van der Waals surface area contributed by atoms with E-state index in [1.54, 1.807) is 36.4 Å². The molecule has 0 spiro atoms. The third kappa shape index (κ3) is 4.22. The van der Waals surface area contributed by atoms with Crippen molar-refractivity contribution < 1.29 is 19.0 Å². The number of para-hydroxylation sites is 3. The van der Waals surface area contributed by atoms with Crippen LogP contribution in [0.5, 0.6) is 23.0 Å². The van der Waals surface area contributed by atoms with Crippen LogP contribution in [0.15, 0.2) is 72.3 Å². The van der Waals surface area contributed by atoms with Crippen LogP contribution in [-0.4, -0.2) is 12.7 Å². The van der Waals surface area contributed by atoms with Crippen molar-refractivity contribution in [2.75, 3.05) is 12.1 Å². The van der Waals surface area contributed by atoms with Gasteiger partial charge in [-0.2, -0.15) is 5.26 Å². The Bertz CT molecular complexity index is 1170. The summed E-state index contributed by atoms with van der Waals surface area (Å²) in [7, 11) is 0. The smallest absolute Gasteiger partial charge is 0.266 e. The third-order valence-corrected chi connectivity index (χ3v) is 4.51. The quantitative estimate of drug-likeness (QED) is 0.442. The average Bonchev–Trinajstić information content (AvgIpc) is 3.23. The van der Waals surface area contributed by atoms with Crippen LogP contribution >= 0.6 is 11.6 Å². The van der Waals surface area contributed by atoms with Crippen molar-refractivity contribution >= 4 is 29.3 Å². The normalized spacial score (nSPS) is 12.2. The van der Waals surface area contributed by atoms with E-state index in [2.05, 4.69) is 5.32 Å². The molecule has 0 unspecified atom stereocenters. The maximum Gasteiger partial charge on any atom is 0.266 e. The zero-order chi connectivity index (χ0) is 20.9. The van der Waals surface area contributed by atoms with Gasteiger partial charge in [0.2, 0.25) is 6.79 Å². The number of carbonyl (C=O) groups is 1. The number of amides is 1. The Hall–Kier alpha value is -3.95. The van der Waals surface area contributed by atoms with E-state index in [1.165, 1.54) is 6.08 Å². The van der Waals surface area contributed by atoms with E-state index in [0.29, 0.717) is 39.3 Å². The van der Waals surface area contributed by atoms with E-state index in [-0.39, 0.29) is 12.4 Å². The molecule has 30 heavy (non-hydrogen) atoms. The van der Waals surface area contributed by atoms with E-state index in [4.69, 9.17) is 25.8 Å². The number of nitrogens with zero attached hydrogens (tertiary/aromatic N) is 1. The Labute approximate surface area is 177 Å². The molecule has 3 aromatic rings. The van der Waals surface area contributed by atoms with Crippen LogP contribution in [0.4, 0.5) is 5.69 Å². The van der Waals surface area contributed by atoms with Crippen LogP contribution in [0.25, 0.3) is 6.08 Å². The molecular formula is C23H15ClN2O4. The molecule has 7 heteroatoms. The summed E-state index contributed by atoms with van der Waals surface area (Å²) in [4.78, 5) is 12.7. The number of halogens is 1. The second-order valence-electron chi connectivity index (χ2n) is 6.27. The van der Waals surface area contributed by atoms with Crippen molar-refractivity contribution in [3.63, 3.8) is 0 Å². The van der Waals surface area contributed by atoms with Gasteiger partial charge in [-0.1, -0.05) is 41.9 Å². The van der Waals surface area contributed by atoms with Gasteiger partial charge in [-0.15, -0.1) is 0 Å². The first-order valence-electron chi connectivity index (χ1n) is 8.98. The average molecular weight is 419 g/mol. The molecule has 1 aliphatic heterocycles. The van der Waals surface area contributed by atoms with E-state index >= 15 is 0 Å². The van der Waals surface area contributed by atoms with Crippen molar-refractivity contribution in [2.45, 2.75) is 0 Å². The fourth-order valence-corrected chi connectivity index (χ4v) is 3.12. The Morgan fingerprint density at radius 3 is 2.67 bits per heavy atom. The standard InChI is InChI=1S/C23H15ClN2O4/c24-18-11-15(12-21-22(18)29-14-28-21)10-16(13-25)23(27)26-19-8-4-5-9-20(19)30-17-6-2-1-3-7-17/h1-12H,14H2,(H,26,27)/b16-10+. The third-order valence-electron chi connectivity index (χ3n) is 4.23. The van der Waals surface area contributed by atoms with E-state index in [1.807, 2.05) is 36.4 Å². The number of anilines is 1. The molecule has 0 fully saturated rings. The number of carbonyl (C=O) groups excluding carboxylic acids is 1. The van der Waals surface area contributed by atoms with Gasteiger partial charge in [-0.05, 0) is 48.0 Å². The highest BCUT2D eigenvalue weighted by Crippen LogP contribution is 2.40. The predicted molar refractivity (Wildman–Crippen MR) is 113 cm³/mol. The zero-order valence-electron chi connectivity index (χ0n) is 15.6. The van der Waals surface area contributed by atoms with Crippen LogP contribution < -0.4 is 19.5 Å². The Morgan fingerprint density at radius 1 is 1.10 bits per heavy atom. The van der Waals surface area contributed by atoms with Crippen LogP contribution in [-0.2, 0) is 4.79 Å². The summed E-state index contributed by atoms with van der Waals surface area (Å²) >= 11 is 6.17. The molecular weight excluding hydrogens is 404 g/mol. The van der Waals surface area contributed by atoms with Gasteiger partial charge in [0, 0.05) is 0 Å². The van der Waals surface area contributed by atoms with Crippen molar-refractivity contribution in [1.82, 2.24) is 0 Å². The molecule has 0 saturated carbocycles. The first-order chi connectivity index (χ1) is 14.6. The van der Waals surface area contributed by atoms with E-state index in [9.17, 15) is 10.1 Å². The van der Waals surface area contributed by atoms with Gasteiger partial charge in [-0.3, -0.25) is 4.79 Å². The molecule has 0 bridgehead atoms. The molecule has 3 aromatic carbocycles. The molecule has 0 radical (unpaired) electrons. The highest BCUT2D eigenvalue weighted by molar-refractivity contribution is 6.32. The fraction of sp³-hybridized carbons (Fsp3) is 0.0435. The van der Waals surface area contributed by atoms with Crippen LogP contribution in [0.3, 0.4) is 0 Å². The number of nitrogens with one attached hydrogen (secondary N) is 1. The summed E-state index contributed by atoms with van der Waals surface area (Å²) in [5.41, 5.74) is 0.889. The molecule has 4 rings (SSSR count). The van der Waals surface area contributed by atoms with Gasteiger partial charge < -0.3 is 19.5 Å². The highest BCUT2D eigenvalue weighted by Gasteiger charge is 2.19. The summed E-state index contributed by atoms with van der Waals surface area (Å²) in [6.07, 6.45) is 1.43. The number of nitriles is 1. The first kappa shape index (κ1) is 19.4. The van der Waals surface area contributed by atoms with Gasteiger partial charge >= 0.3 is 0 Å². The lowest BCUT2D eigenvalue weighted by molar-refractivity contribution is -0.112. The number of rotatable bonds is 5. The lowest BCUT2D eigenvalue weighted by Crippen LogP contribution is -2.14. The second-order valence-corrected chi connectivity index (χ2v) is 6.68. The molecule has 1 aliphatic rings. The summed E-state index contributed by atoms with van der Waals surface area (Å²) in [6, 6.07) is 21.4.